The Morgan fingerprint density at radius 1 is 1.29 bits per heavy atom. The van der Waals surface area contributed by atoms with Gasteiger partial charge in [-0.05, 0) is 39.7 Å². The normalized spacial score (nSPS) is 30.9. The molecule has 4 nitrogen and oxygen atoms in total. The number of esters is 1. The third-order valence-corrected chi connectivity index (χ3v) is 4.15. The Hall–Kier alpha value is -0.610. The molecule has 0 amide bonds. The number of nitrogens with zero attached hydrogens (tertiary/aromatic N) is 1. The predicted octanol–water partition coefficient (Wildman–Crippen LogP) is 1.01. The molecule has 0 aromatic heterocycles. The van der Waals surface area contributed by atoms with Gasteiger partial charge in [-0.2, -0.15) is 0 Å². The summed E-state index contributed by atoms with van der Waals surface area (Å²) in [6, 6.07) is 1.38. The molecule has 2 fully saturated rings. The number of carbonyl (C=O) groups is 1. The van der Waals surface area contributed by atoms with Crippen LogP contribution in [0.3, 0.4) is 0 Å². The van der Waals surface area contributed by atoms with Crippen LogP contribution in [0, 0.1) is 5.92 Å². The van der Waals surface area contributed by atoms with Crippen molar-refractivity contribution in [2.75, 3.05) is 26.7 Å². The average Bonchev–Trinajstić information content (AvgIpc) is 2.29. The number of hydrogen-bond donors (Lipinski definition) is 1. The first kappa shape index (κ1) is 12.8. The molecule has 0 radical (unpaired) electrons. The lowest BCUT2D eigenvalue weighted by Gasteiger charge is -2.46. The molecular formula is C13H24N2O2. The van der Waals surface area contributed by atoms with Gasteiger partial charge in [0.25, 0.3) is 0 Å². The molecule has 98 valence electrons. The zero-order valence-corrected chi connectivity index (χ0v) is 10.9. The highest BCUT2D eigenvalue weighted by Crippen LogP contribution is 2.30. The summed E-state index contributed by atoms with van der Waals surface area (Å²) in [5.74, 6) is 0.176. The fraction of sp³-hybridized carbons (Fsp3) is 0.923. The van der Waals surface area contributed by atoms with Gasteiger partial charge < -0.3 is 10.1 Å². The van der Waals surface area contributed by atoms with Crippen molar-refractivity contribution in [2.24, 2.45) is 5.92 Å². The van der Waals surface area contributed by atoms with Crippen molar-refractivity contribution in [1.29, 1.82) is 0 Å². The van der Waals surface area contributed by atoms with E-state index in [-0.39, 0.29) is 11.9 Å². The number of likely N-dealkylation sites (tertiary alicyclic amines) is 1. The molecule has 1 heterocycles. The van der Waals surface area contributed by atoms with Crippen LogP contribution < -0.4 is 5.32 Å². The van der Waals surface area contributed by atoms with Gasteiger partial charge in [-0.25, -0.2) is 0 Å². The summed E-state index contributed by atoms with van der Waals surface area (Å²) >= 11 is 0. The summed E-state index contributed by atoms with van der Waals surface area (Å²) in [7, 11) is 2.03. The number of hydrogen-bond acceptors (Lipinski definition) is 4. The van der Waals surface area contributed by atoms with Crippen molar-refractivity contribution in [3.63, 3.8) is 0 Å². The summed E-state index contributed by atoms with van der Waals surface area (Å²) in [4.78, 5) is 14.2. The van der Waals surface area contributed by atoms with E-state index in [1.165, 1.54) is 13.1 Å². The number of nitrogens with one attached hydrogen (secondary N) is 1. The number of ether oxygens (including phenoxy) is 1. The number of likely N-dealkylation sites (N-methyl/N-ethyl adjacent to an activating group) is 1. The Balaban J connectivity index is 1.70. The van der Waals surface area contributed by atoms with Crippen LogP contribution in [0.4, 0.5) is 0 Å². The topological polar surface area (TPSA) is 41.6 Å². The molecule has 2 aliphatic rings. The number of rotatable bonds is 4. The average molecular weight is 240 g/mol. The lowest BCUT2D eigenvalue weighted by molar-refractivity contribution is -0.149. The van der Waals surface area contributed by atoms with Gasteiger partial charge in [-0.15, -0.1) is 0 Å². The Morgan fingerprint density at radius 3 is 2.47 bits per heavy atom. The van der Waals surface area contributed by atoms with Crippen LogP contribution >= 0.6 is 0 Å². The van der Waals surface area contributed by atoms with Crippen LogP contribution in [0.2, 0.25) is 0 Å². The Bertz CT molecular complexity index is 256. The van der Waals surface area contributed by atoms with Crippen LogP contribution in [-0.2, 0) is 9.53 Å². The first-order valence-corrected chi connectivity index (χ1v) is 6.82. The van der Waals surface area contributed by atoms with E-state index in [0.717, 1.165) is 25.7 Å². The Kier molecular flexibility index (Phi) is 4.40. The molecule has 0 aromatic rings. The Labute approximate surface area is 104 Å². The zero-order chi connectivity index (χ0) is 12.3. The van der Waals surface area contributed by atoms with Gasteiger partial charge in [-0.3, -0.25) is 9.69 Å². The van der Waals surface area contributed by atoms with Crippen LogP contribution in [0.25, 0.3) is 0 Å². The van der Waals surface area contributed by atoms with E-state index >= 15 is 0 Å². The van der Waals surface area contributed by atoms with Gasteiger partial charge in [0.1, 0.15) is 0 Å². The lowest BCUT2D eigenvalue weighted by atomic mass is 9.84. The molecule has 1 aliphatic carbocycles. The first-order chi connectivity index (χ1) is 8.24. The van der Waals surface area contributed by atoms with Gasteiger partial charge in [-0.1, -0.05) is 0 Å². The molecule has 1 aliphatic heterocycles. The molecule has 0 spiro atoms. The van der Waals surface area contributed by atoms with Crippen LogP contribution in [0.5, 0.6) is 0 Å². The van der Waals surface area contributed by atoms with Crippen molar-refractivity contribution in [3.8, 4) is 0 Å². The van der Waals surface area contributed by atoms with Gasteiger partial charge in [0.15, 0.2) is 0 Å². The summed E-state index contributed by atoms with van der Waals surface area (Å²) < 4.78 is 5.09. The molecule has 0 bridgehead atoms. The highest BCUT2D eigenvalue weighted by Gasteiger charge is 2.35. The quantitative estimate of drug-likeness (QED) is 0.745. The van der Waals surface area contributed by atoms with Gasteiger partial charge in [0.05, 0.1) is 12.5 Å². The lowest BCUT2D eigenvalue weighted by Crippen LogP contribution is -2.60. The maximum atomic E-state index is 11.6. The minimum absolute atomic E-state index is 0.0164. The van der Waals surface area contributed by atoms with Crippen molar-refractivity contribution in [3.05, 3.63) is 0 Å². The molecule has 0 aromatic carbocycles. The second-order valence-electron chi connectivity index (χ2n) is 5.20. The van der Waals surface area contributed by atoms with E-state index < -0.39 is 0 Å². The summed E-state index contributed by atoms with van der Waals surface area (Å²) in [5.41, 5.74) is 0. The van der Waals surface area contributed by atoms with Crippen molar-refractivity contribution in [1.82, 2.24) is 10.2 Å². The maximum absolute atomic E-state index is 11.6. The molecular weight excluding hydrogens is 216 g/mol. The summed E-state index contributed by atoms with van der Waals surface area (Å²) in [6.07, 6.45) is 4.31. The summed E-state index contributed by atoms with van der Waals surface area (Å²) in [6.45, 7) is 4.73. The van der Waals surface area contributed by atoms with Gasteiger partial charge >= 0.3 is 5.97 Å². The third-order valence-electron chi connectivity index (χ3n) is 4.15. The first-order valence-electron chi connectivity index (χ1n) is 6.82. The van der Waals surface area contributed by atoms with Gasteiger partial charge in [0, 0.05) is 25.2 Å². The van der Waals surface area contributed by atoms with E-state index in [4.69, 9.17) is 4.74 Å². The fourth-order valence-electron chi connectivity index (χ4n) is 2.93. The van der Waals surface area contributed by atoms with E-state index in [1.54, 1.807) is 0 Å². The van der Waals surface area contributed by atoms with Crippen molar-refractivity contribution >= 4 is 5.97 Å². The fourth-order valence-corrected chi connectivity index (χ4v) is 2.93. The van der Waals surface area contributed by atoms with E-state index in [2.05, 4.69) is 10.2 Å². The monoisotopic (exact) mass is 240 g/mol. The standard InChI is InChI=1S/C13H24N2O2/c1-3-17-13(16)10-4-6-12(7-5-10)15-8-11(9-15)14-2/h10-12,14H,3-9H2,1-2H3. The maximum Gasteiger partial charge on any atom is 0.308 e. The van der Waals surface area contributed by atoms with Crippen LogP contribution in [0.1, 0.15) is 32.6 Å². The molecule has 0 atom stereocenters. The second kappa shape index (κ2) is 5.83. The molecule has 2 rings (SSSR count). The van der Waals surface area contributed by atoms with E-state index in [1.807, 2.05) is 14.0 Å². The van der Waals surface area contributed by atoms with E-state index in [9.17, 15) is 4.79 Å². The minimum atomic E-state index is 0.0164. The Morgan fingerprint density at radius 2 is 1.94 bits per heavy atom. The molecule has 4 heteroatoms. The van der Waals surface area contributed by atoms with Crippen LogP contribution in [-0.4, -0.2) is 49.7 Å². The summed E-state index contributed by atoms with van der Waals surface area (Å²) in [5, 5.41) is 3.30. The molecule has 17 heavy (non-hydrogen) atoms. The SMILES string of the molecule is CCOC(=O)C1CCC(N2CC(NC)C2)CC1. The highest BCUT2D eigenvalue weighted by molar-refractivity contribution is 5.72. The molecule has 1 saturated carbocycles. The molecule has 1 saturated heterocycles. The zero-order valence-electron chi connectivity index (χ0n) is 10.9. The van der Waals surface area contributed by atoms with Crippen molar-refractivity contribution < 1.29 is 9.53 Å². The molecule has 0 unspecified atom stereocenters. The minimum Gasteiger partial charge on any atom is -0.466 e. The highest BCUT2D eigenvalue weighted by atomic mass is 16.5. The third kappa shape index (κ3) is 2.99. The smallest absolute Gasteiger partial charge is 0.308 e. The number of carbonyl (C=O) groups excluding carboxylic acids is 1. The van der Waals surface area contributed by atoms with Crippen molar-refractivity contribution in [2.45, 2.75) is 44.7 Å². The largest absolute Gasteiger partial charge is 0.466 e. The van der Waals surface area contributed by atoms with Crippen LogP contribution in [0.15, 0.2) is 0 Å². The van der Waals surface area contributed by atoms with Gasteiger partial charge in [0.2, 0.25) is 0 Å². The second-order valence-corrected chi connectivity index (χ2v) is 5.20. The molecule has 1 N–H and O–H groups in total. The van der Waals surface area contributed by atoms with E-state index in [0.29, 0.717) is 18.7 Å². The predicted molar refractivity (Wildman–Crippen MR) is 66.8 cm³/mol.